The van der Waals surface area contributed by atoms with Crippen molar-refractivity contribution in [3.63, 3.8) is 0 Å². The summed E-state index contributed by atoms with van der Waals surface area (Å²) in [5.74, 6) is -4.33. The summed E-state index contributed by atoms with van der Waals surface area (Å²) in [6.07, 6.45) is -1.14. The molecule has 40 heavy (non-hydrogen) atoms. The zero-order chi connectivity index (χ0) is 29.5. The Hall–Kier alpha value is -2.79. The molecule has 4 fully saturated rings. The van der Waals surface area contributed by atoms with Gasteiger partial charge in [-0.05, 0) is 49.3 Å². The van der Waals surface area contributed by atoms with Gasteiger partial charge in [-0.1, -0.05) is 39.8 Å². The minimum absolute atomic E-state index is 0.0817. The van der Waals surface area contributed by atoms with Crippen LogP contribution in [0.15, 0.2) is 24.3 Å². The van der Waals surface area contributed by atoms with Gasteiger partial charge in [-0.25, -0.2) is 23.2 Å². The average molecular weight is 566 g/mol. The number of nitrogens with two attached hydrogens (primary N) is 1. The molecule has 4 aliphatic rings. The molecule has 0 heterocycles. The van der Waals surface area contributed by atoms with Crippen LogP contribution in [0.3, 0.4) is 0 Å². The number of rotatable bonds is 8. The first-order valence-corrected chi connectivity index (χ1v) is 13.7. The van der Waals surface area contributed by atoms with Gasteiger partial charge in [-0.2, -0.15) is 0 Å². The van der Waals surface area contributed by atoms with Crippen LogP contribution in [0.5, 0.6) is 0 Å². The third-order valence-electron chi connectivity index (χ3n) is 10.3. The minimum Gasteiger partial charge on any atom is -0.479 e. The molecule has 5 rings (SSSR count). The van der Waals surface area contributed by atoms with Gasteiger partial charge in [0.15, 0.2) is 0 Å². The molecule has 2 bridgehead atoms. The molecular weight excluding hydrogens is 528 g/mol. The van der Waals surface area contributed by atoms with Crippen molar-refractivity contribution in [2.75, 3.05) is 0 Å². The Morgan fingerprint density at radius 2 is 1.75 bits per heavy atom. The SMILES string of the molecule is CC(OC(=O)O[C@H]1C(C)(C)[C@H]2CC[C@]1(C)C2)OC(=O)[C@]1(N)[C@H](OCc2ccc(F)cc2)C[C@]2(C)[C@H]1[C@@]2(F)C(=O)O. The van der Waals surface area contributed by atoms with Gasteiger partial charge >= 0.3 is 18.1 Å². The summed E-state index contributed by atoms with van der Waals surface area (Å²) in [7, 11) is 0. The second-order valence-electron chi connectivity index (χ2n) is 13.2. The summed E-state index contributed by atoms with van der Waals surface area (Å²) < 4.78 is 51.1. The van der Waals surface area contributed by atoms with Crippen LogP contribution >= 0.6 is 0 Å². The average Bonchev–Trinajstić information content (AvgIpc) is 3.12. The van der Waals surface area contributed by atoms with Crippen molar-refractivity contribution in [3.8, 4) is 0 Å². The summed E-state index contributed by atoms with van der Waals surface area (Å²) in [6, 6.07) is 5.45. The van der Waals surface area contributed by atoms with Crippen molar-refractivity contribution in [2.45, 2.75) is 96.6 Å². The molecule has 0 radical (unpaired) electrons. The van der Waals surface area contributed by atoms with E-state index in [1.165, 1.54) is 38.1 Å². The monoisotopic (exact) mass is 565 g/mol. The number of carboxylic acids is 1. The van der Waals surface area contributed by atoms with Crippen LogP contribution in [-0.4, -0.2) is 52.9 Å². The van der Waals surface area contributed by atoms with E-state index in [2.05, 4.69) is 20.8 Å². The van der Waals surface area contributed by atoms with Crippen LogP contribution in [0.1, 0.15) is 65.9 Å². The van der Waals surface area contributed by atoms with Crippen LogP contribution in [0, 0.1) is 33.9 Å². The first-order chi connectivity index (χ1) is 18.5. The van der Waals surface area contributed by atoms with Crippen LogP contribution in [-0.2, 0) is 35.1 Å². The molecule has 11 heteroatoms. The van der Waals surface area contributed by atoms with Crippen molar-refractivity contribution in [1.29, 1.82) is 0 Å². The lowest BCUT2D eigenvalue weighted by Crippen LogP contribution is -2.61. The fourth-order valence-electron chi connectivity index (χ4n) is 8.17. The molecule has 3 N–H and O–H groups in total. The Morgan fingerprint density at radius 3 is 2.33 bits per heavy atom. The molecule has 1 aromatic rings. The summed E-state index contributed by atoms with van der Waals surface area (Å²) in [5, 5.41) is 9.62. The Kier molecular flexibility index (Phi) is 6.54. The smallest absolute Gasteiger partial charge is 0.479 e. The molecule has 0 aromatic heterocycles. The number of halogens is 2. The van der Waals surface area contributed by atoms with Crippen molar-refractivity contribution in [1.82, 2.24) is 0 Å². The van der Waals surface area contributed by atoms with Crippen molar-refractivity contribution < 1.29 is 47.2 Å². The van der Waals surface area contributed by atoms with Crippen molar-refractivity contribution in [2.24, 2.45) is 33.8 Å². The number of hydrogen-bond acceptors (Lipinski definition) is 8. The second kappa shape index (κ2) is 9.11. The van der Waals surface area contributed by atoms with Crippen LogP contribution in [0.25, 0.3) is 0 Å². The first kappa shape index (κ1) is 28.7. The van der Waals surface area contributed by atoms with E-state index in [0.717, 1.165) is 19.3 Å². The molecule has 220 valence electrons. The van der Waals surface area contributed by atoms with Crippen LogP contribution in [0.2, 0.25) is 0 Å². The van der Waals surface area contributed by atoms with Gasteiger partial charge in [0.1, 0.15) is 17.5 Å². The van der Waals surface area contributed by atoms with Gasteiger partial charge in [0.05, 0.1) is 12.7 Å². The maximum absolute atomic E-state index is 15.6. The Morgan fingerprint density at radius 1 is 1.10 bits per heavy atom. The summed E-state index contributed by atoms with van der Waals surface area (Å²) in [6.45, 7) is 8.83. The highest BCUT2D eigenvalue weighted by Crippen LogP contribution is 2.76. The van der Waals surface area contributed by atoms with E-state index in [9.17, 15) is 23.9 Å². The number of fused-ring (bicyclic) bond motifs is 3. The van der Waals surface area contributed by atoms with E-state index in [0.29, 0.717) is 11.5 Å². The highest BCUT2D eigenvalue weighted by molar-refractivity contribution is 5.92. The number of carbonyl (C=O) groups excluding carboxylic acids is 2. The van der Waals surface area contributed by atoms with Gasteiger partial charge < -0.3 is 29.8 Å². The van der Waals surface area contributed by atoms with E-state index in [1.807, 2.05) is 0 Å². The number of ether oxygens (including phenoxy) is 4. The molecule has 1 unspecified atom stereocenters. The number of carboxylic acid groups (broad SMARTS) is 1. The number of carbonyl (C=O) groups is 3. The molecular formula is C29H37F2NO8. The molecule has 4 aliphatic carbocycles. The van der Waals surface area contributed by atoms with E-state index in [4.69, 9.17) is 24.7 Å². The van der Waals surface area contributed by atoms with E-state index < -0.39 is 58.8 Å². The van der Waals surface area contributed by atoms with Crippen LogP contribution in [0.4, 0.5) is 13.6 Å². The predicted octanol–water partition coefficient (Wildman–Crippen LogP) is 4.50. The van der Waals surface area contributed by atoms with Gasteiger partial charge in [0.25, 0.3) is 0 Å². The number of esters is 1. The predicted molar refractivity (Wildman–Crippen MR) is 136 cm³/mol. The Bertz CT molecular complexity index is 1220. The summed E-state index contributed by atoms with van der Waals surface area (Å²) >= 11 is 0. The van der Waals surface area contributed by atoms with E-state index >= 15 is 4.39 Å². The fourth-order valence-corrected chi connectivity index (χ4v) is 8.17. The first-order valence-electron chi connectivity index (χ1n) is 13.7. The molecule has 0 spiro atoms. The summed E-state index contributed by atoms with van der Waals surface area (Å²) in [4.78, 5) is 38.0. The Balaban J connectivity index is 1.27. The second-order valence-corrected chi connectivity index (χ2v) is 13.2. The number of alkyl halides is 1. The normalized spacial score (nSPS) is 41.2. The lowest BCUT2D eigenvalue weighted by molar-refractivity contribution is -0.185. The van der Waals surface area contributed by atoms with Gasteiger partial charge in [-0.3, -0.25) is 0 Å². The maximum atomic E-state index is 15.6. The topological polar surface area (TPSA) is 134 Å². The Labute approximate surface area is 231 Å². The quantitative estimate of drug-likeness (QED) is 0.345. The lowest BCUT2D eigenvalue weighted by atomic mass is 9.70. The molecule has 9 nitrogen and oxygen atoms in total. The van der Waals surface area contributed by atoms with Crippen molar-refractivity contribution in [3.05, 3.63) is 35.6 Å². The lowest BCUT2D eigenvalue weighted by Gasteiger charge is -2.41. The maximum Gasteiger partial charge on any atom is 0.511 e. The van der Waals surface area contributed by atoms with Gasteiger partial charge in [-0.15, -0.1) is 0 Å². The summed E-state index contributed by atoms with van der Waals surface area (Å²) in [5.41, 5.74) is 0.236. The minimum atomic E-state index is -2.76. The molecule has 0 aliphatic heterocycles. The molecule has 4 saturated carbocycles. The largest absolute Gasteiger partial charge is 0.511 e. The highest BCUT2D eigenvalue weighted by atomic mass is 19.1. The number of aliphatic carboxylic acids is 1. The molecule has 1 aromatic carbocycles. The van der Waals surface area contributed by atoms with E-state index in [1.54, 1.807) is 0 Å². The fraction of sp³-hybridized carbons (Fsp3) is 0.690. The molecule has 0 amide bonds. The third-order valence-corrected chi connectivity index (χ3v) is 10.3. The standard InChI is InChI=1S/C29H37F2NO8/c1-15(39-24(36)40-21-25(2,3)17-10-11-26(21,4)12-17)38-23(35)28(32)19(37-14-16-6-8-18(30)9-7-16)13-27(5)20(28)29(27,31)22(33)34/h6-9,15,17,19-21H,10-14,32H2,1-5H3,(H,33,34)/t15?,17-,19+,20+,21-,26+,27+,28-,29+/m0/s1. The molecule has 9 atom stereocenters. The number of benzene rings is 1. The number of hydrogen-bond donors (Lipinski definition) is 2. The highest BCUT2D eigenvalue weighted by Gasteiger charge is 2.92. The van der Waals surface area contributed by atoms with Crippen molar-refractivity contribution >= 4 is 18.1 Å². The van der Waals surface area contributed by atoms with Gasteiger partial charge in [0.2, 0.25) is 12.0 Å². The van der Waals surface area contributed by atoms with Gasteiger partial charge in [0, 0.05) is 29.1 Å². The van der Waals surface area contributed by atoms with E-state index in [-0.39, 0.29) is 30.0 Å². The zero-order valence-corrected chi connectivity index (χ0v) is 23.4. The zero-order valence-electron chi connectivity index (χ0n) is 23.4. The molecule has 0 saturated heterocycles. The third kappa shape index (κ3) is 4.02. The van der Waals surface area contributed by atoms with Crippen LogP contribution < -0.4 is 5.73 Å².